The van der Waals surface area contributed by atoms with Crippen molar-refractivity contribution in [2.45, 2.75) is 40.2 Å². The second-order valence-corrected chi connectivity index (χ2v) is 4.58. The topological polar surface area (TPSA) is 26.3 Å². The number of rotatable bonds is 4. The van der Waals surface area contributed by atoms with E-state index in [0.29, 0.717) is 0 Å². The molecule has 0 aliphatic carbocycles. The molecular weight excluding hydrogens is 200 g/mol. The standard InChI is InChI=1S/C14H20O2/c1-10(2)16-14(15)12(4)9-13-7-5-11(3)6-8-13/h5-8,10,12H,9H2,1-4H3/t12-/m1/s1. The number of hydrogen-bond donors (Lipinski definition) is 0. The van der Waals surface area contributed by atoms with Gasteiger partial charge in [-0.2, -0.15) is 0 Å². The third-order valence-corrected chi connectivity index (χ3v) is 2.42. The highest BCUT2D eigenvalue weighted by atomic mass is 16.5. The molecule has 0 N–H and O–H groups in total. The first kappa shape index (κ1) is 12.8. The minimum absolute atomic E-state index is 0.0343. The van der Waals surface area contributed by atoms with Gasteiger partial charge in [-0.15, -0.1) is 0 Å². The molecule has 0 unspecified atom stereocenters. The maximum absolute atomic E-state index is 11.6. The van der Waals surface area contributed by atoms with Crippen LogP contribution in [0.25, 0.3) is 0 Å². The number of benzene rings is 1. The van der Waals surface area contributed by atoms with Crippen LogP contribution in [0.5, 0.6) is 0 Å². The van der Waals surface area contributed by atoms with Crippen LogP contribution in [-0.4, -0.2) is 12.1 Å². The van der Waals surface area contributed by atoms with E-state index in [9.17, 15) is 4.79 Å². The van der Waals surface area contributed by atoms with E-state index in [-0.39, 0.29) is 18.0 Å². The fourth-order valence-electron chi connectivity index (χ4n) is 1.51. The second-order valence-electron chi connectivity index (χ2n) is 4.58. The minimum atomic E-state index is -0.115. The highest BCUT2D eigenvalue weighted by Crippen LogP contribution is 2.12. The van der Waals surface area contributed by atoms with Crippen LogP contribution < -0.4 is 0 Å². The van der Waals surface area contributed by atoms with Crippen molar-refractivity contribution in [3.8, 4) is 0 Å². The van der Waals surface area contributed by atoms with E-state index in [4.69, 9.17) is 4.74 Å². The van der Waals surface area contributed by atoms with Crippen molar-refractivity contribution in [2.75, 3.05) is 0 Å². The summed E-state index contributed by atoms with van der Waals surface area (Å²) in [5, 5.41) is 0. The Morgan fingerprint density at radius 2 is 1.75 bits per heavy atom. The molecule has 1 atom stereocenters. The van der Waals surface area contributed by atoms with Crippen LogP contribution in [0.4, 0.5) is 0 Å². The molecular formula is C14H20O2. The van der Waals surface area contributed by atoms with Gasteiger partial charge in [-0.25, -0.2) is 0 Å². The summed E-state index contributed by atoms with van der Waals surface area (Å²) in [5.74, 6) is -0.194. The van der Waals surface area contributed by atoms with Gasteiger partial charge in [0.25, 0.3) is 0 Å². The Morgan fingerprint density at radius 1 is 1.19 bits per heavy atom. The lowest BCUT2D eigenvalue weighted by atomic mass is 10.0. The molecule has 0 heterocycles. The summed E-state index contributed by atoms with van der Waals surface area (Å²) in [5.41, 5.74) is 2.42. The van der Waals surface area contributed by atoms with Crippen LogP contribution in [0.1, 0.15) is 31.9 Å². The fourth-order valence-corrected chi connectivity index (χ4v) is 1.51. The first-order valence-corrected chi connectivity index (χ1v) is 5.75. The zero-order chi connectivity index (χ0) is 12.1. The van der Waals surface area contributed by atoms with Gasteiger partial charge in [0.2, 0.25) is 0 Å². The third kappa shape index (κ3) is 4.05. The van der Waals surface area contributed by atoms with Crippen LogP contribution in [0.15, 0.2) is 24.3 Å². The van der Waals surface area contributed by atoms with Crippen LogP contribution >= 0.6 is 0 Å². The Balaban J connectivity index is 2.53. The number of hydrogen-bond acceptors (Lipinski definition) is 2. The number of aryl methyl sites for hydroxylation is 1. The van der Waals surface area contributed by atoms with Crippen molar-refractivity contribution >= 4 is 5.97 Å². The summed E-state index contributed by atoms with van der Waals surface area (Å²) in [7, 11) is 0. The van der Waals surface area contributed by atoms with E-state index in [1.807, 2.05) is 20.8 Å². The SMILES string of the molecule is Cc1ccc(C[C@@H](C)C(=O)OC(C)C)cc1. The predicted molar refractivity (Wildman–Crippen MR) is 65.3 cm³/mol. The van der Waals surface area contributed by atoms with Gasteiger partial charge in [-0.05, 0) is 32.8 Å². The molecule has 0 amide bonds. The van der Waals surface area contributed by atoms with Crippen molar-refractivity contribution in [1.82, 2.24) is 0 Å². The minimum Gasteiger partial charge on any atom is -0.463 e. The molecule has 0 saturated heterocycles. The van der Waals surface area contributed by atoms with Gasteiger partial charge in [-0.3, -0.25) is 4.79 Å². The Hall–Kier alpha value is -1.31. The molecule has 0 aliphatic heterocycles. The number of carbonyl (C=O) groups is 1. The number of esters is 1. The van der Waals surface area contributed by atoms with Crippen LogP contribution in [-0.2, 0) is 16.0 Å². The molecule has 0 bridgehead atoms. The molecule has 0 aliphatic rings. The normalized spacial score (nSPS) is 12.6. The van der Waals surface area contributed by atoms with Crippen LogP contribution in [0.3, 0.4) is 0 Å². The first-order chi connectivity index (χ1) is 7.49. The molecule has 0 radical (unpaired) electrons. The summed E-state index contributed by atoms with van der Waals surface area (Å²) in [6, 6.07) is 8.26. The third-order valence-electron chi connectivity index (χ3n) is 2.42. The van der Waals surface area contributed by atoms with E-state index in [1.165, 1.54) is 11.1 Å². The molecule has 88 valence electrons. The molecule has 2 nitrogen and oxygen atoms in total. The van der Waals surface area contributed by atoms with Crippen molar-refractivity contribution in [3.05, 3.63) is 35.4 Å². The Morgan fingerprint density at radius 3 is 2.25 bits per heavy atom. The van der Waals surface area contributed by atoms with Crippen molar-refractivity contribution in [3.63, 3.8) is 0 Å². The molecule has 0 spiro atoms. The highest BCUT2D eigenvalue weighted by Gasteiger charge is 2.15. The van der Waals surface area contributed by atoms with Crippen LogP contribution in [0.2, 0.25) is 0 Å². The molecule has 2 heteroatoms. The van der Waals surface area contributed by atoms with E-state index in [0.717, 1.165) is 6.42 Å². The van der Waals surface area contributed by atoms with Gasteiger partial charge in [-0.1, -0.05) is 36.8 Å². The molecule has 1 aromatic rings. The monoisotopic (exact) mass is 220 g/mol. The molecule has 1 rings (SSSR count). The average Bonchev–Trinajstić information content (AvgIpc) is 2.20. The summed E-state index contributed by atoms with van der Waals surface area (Å²) < 4.78 is 5.17. The summed E-state index contributed by atoms with van der Waals surface area (Å²) in [4.78, 5) is 11.6. The lowest BCUT2D eigenvalue weighted by molar-refractivity contribution is -0.151. The smallest absolute Gasteiger partial charge is 0.309 e. The van der Waals surface area contributed by atoms with Gasteiger partial charge in [0, 0.05) is 0 Å². The summed E-state index contributed by atoms with van der Waals surface area (Å²) >= 11 is 0. The summed E-state index contributed by atoms with van der Waals surface area (Å²) in [6.07, 6.45) is 0.708. The lowest BCUT2D eigenvalue weighted by Crippen LogP contribution is -2.20. The number of ether oxygens (including phenoxy) is 1. The summed E-state index contributed by atoms with van der Waals surface area (Å²) in [6.45, 7) is 7.71. The Kier molecular flexibility index (Phi) is 4.53. The average molecular weight is 220 g/mol. The molecule has 0 saturated carbocycles. The second kappa shape index (κ2) is 5.69. The van der Waals surface area contributed by atoms with Gasteiger partial charge in [0.1, 0.15) is 0 Å². The largest absolute Gasteiger partial charge is 0.463 e. The maximum Gasteiger partial charge on any atom is 0.309 e. The lowest BCUT2D eigenvalue weighted by Gasteiger charge is -2.13. The fraction of sp³-hybridized carbons (Fsp3) is 0.500. The van der Waals surface area contributed by atoms with Crippen molar-refractivity contribution < 1.29 is 9.53 Å². The van der Waals surface area contributed by atoms with E-state index >= 15 is 0 Å². The maximum atomic E-state index is 11.6. The van der Waals surface area contributed by atoms with Gasteiger partial charge in [0.05, 0.1) is 12.0 Å². The van der Waals surface area contributed by atoms with E-state index < -0.39 is 0 Å². The molecule has 0 aromatic heterocycles. The van der Waals surface area contributed by atoms with Crippen molar-refractivity contribution in [1.29, 1.82) is 0 Å². The quantitative estimate of drug-likeness (QED) is 0.729. The zero-order valence-electron chi connectivity index (χ0n) is 10.5. The highest BCUT2D eigenvalue weighted by molar-refractivity contribution is 5.72. The van der Waals surface area contributed by atoms with Crippen LogP contribution in [0, 0.1) is 12.8 Å². The molecule has 0 fully saturated rings. The Bertz CT molecular complexity index is 338. The van der Waals surface area contributed by atoms with E-state index in [2.05, 4.69) is 31.2 Å². The molecule has 1 aromatic carbocycles. The Labute approximate surface area is 97.6 Å². The number of carbonyl (C=O) groups excluding carboxylic acids is 1. The predicted octanol–water partition coefficient (Wildman–Crippen LogP) is 3.13. The zero-order valence-corrected chi connectivity index (χ0v) is 10.5. The van der Waals surface area contributed by atoms with Gasteiger partial charge >= 0.3 is 5.97 Å². The molecule has 16 heavy (non-hydrogen) atoms. The van der Waals surface area contributed by atoms with Gasteiger partial charge < -0.3 is 4.74 Å². The van der Waals surface area contributed by atoms with Gasteiger partial charge in [0.15, 0.2) is 0 Å². The van der Waals surface area contributed by atoms with Crippen molar-refractivity contribution in [2.24, 2.45) is 5.92 Å². The first-order valence-electron chi connectivity index (χ1n) is 5.75. The van der Waals surface area contributed by atoms with E-state index in [1.54, 1.807) is 0 Å².